The number of hydrogen-bond acceptors (Lipinski definition) is 3. The summed E-state index contributed by atoms with van der Waals surface area (Å²) in [4.78, 5) is 2.40. The lowest BCUT2D eigenvalue weighted by atomic mass is 9.91. The first-order valence-corrected chi connectivity index (χ1v) is 7.83. The highest BCUT2D eigenvalue weighted by Gasteiger charge is 2.45. The van der Waals surface area contributed by atoms with E-state index in [4.69, 9.17) is 4.74 Å². The Bertz CT molecular complexity index is 518. The Morgan fingerprint density at radius 1 is 1.43 bits per heavy atom. The van der Waals surface area contributed by atoms with E-state index in [-0.39, 0.29) is 11.4 Å². The summed E-state index contributed by atoms with van der Waals surface area (Å²) in [5.74, 6) is 1.19. The van der Waals surface area contributed by atoms with Gasteiger partial charge in [0, 0.05) is 42.8 Å². The molecular formula is C17H25FN2O. The van der Waals surface area contributed by atoms with Gasteiger partial charge in [-0.25, -0.2) is 4.39 Å². The summed E-state index contributed by atoms with van der Waals surface area (Å²) in [6.07, 6.45) is 2.64. The average Bonchev–Trinajstić information content (AvgIpc) is 3.30. The smallest absolute Gasteiger partial charge is 0.131 e. The molecule has 0 bridgehead atoms. The molecule has 2 aliphatic rings. The second kappa shape index (κ2) is 5.58. The van der Waals surface area contributed by atoms with Gasteiger partial charge in [0.2, 0.25) is 0 Å². The van der Waals surface area contributed by atoms with Crippen LogP contribution in [0.5, 0.6) is 5.75 Å². The summed E-state index contributed by atoms with van der Waals surface area (Å²) in [6, 6.07) is 5.59. The van der Waals surface area contributed by atoms with Gasteiger partial charge in [0.25, 0.3) is 0 Å². The fourth-order valence-electron chi connectivity index (χ4n) is 3.35. The Morgan fingerprint density at radius 2 is 2.19 bits per heavy atom. The molecule has 3 nitrogen and oxygen atoms in total. The minimum absolute atomic E-state index is 0.173. The van der Waals surface area contributed by atoms with E-state index in [9.17, 15) is 4.39 Å². The van der Waals surface area contributed by atoms with Gasteiger partial charge in [-0.15, -0.1) is 0 Å². The highest BCUT2D eigenvalue weighted by molar-refractivity contribution is 5.29. The zero-order chi connectivity index (χ0) is 15.0. The van der Waals surface area contributed by atoms with Crippen LogP contribution in [0.15, 0.2) is 18.2 Å². The lowest BCUT2D eigenvalue weighted by Gasteiger charge is -2.45. The van der Waals surface area contributed by atoms with E-state index in [0.717, 1.165) is 24.6 Å². The fraction of sp³-hybridized carbons (Fsp3) is 0.647. The Labute approximate surface area is 126 Å². The minimum Gasteiger partial charge on any atom is -0.497 e. The van der Waals surface area contributed by atoms with Gasteiger partial charge >= 0.3 is 0 Å². The van der Waals surface area contributed by atoms with Crippen LogP contribution in [0, 0.1) is 11.7 Å². The van der Waals surface area contributed by atoms with Crippen LogP contribution in [0.3, 0.4) is 0 Å². The molecular weight excluding hydrogens is 267 g/mol. The van der Waals surface area contributed by atoms with Crippen LogP contribution in [0.2, 0.25) is 0 Å². The van der Waals surface area contributed by atoms with Crippen molar-refractivity contribution in [3.63, 3.8) is 0 Å². The molecule has 0 spiro atoms. The molecule has 116 valence electrons. The largest absolute Gasteiger partial charge is 0.497 e. The second-order valence-corrected chi connectivity index (χ2v) is 6.78. The molecule has 1 aromatic rings. The van der Waals surface area contributed by atoms with Crippen LogP contribution in [-0.2, 0) is 6.54 Å². The molecule has 1 aliphatic heterocycles. The van der Waals surface area contributed by atoms with Gasteiger partial charge in [-0.3, -0.25) is 4.90 Å². The maximum absolute atomic E-state index is 14.2. The van der Waals surface area contributed by atoms with Crippen molar-refractivity contribution < 1.29 is 9.13 Å². The van der Waals surface area contributed by atoms with Gasteiger partial charge < -0.3 is 10.1 Å². The van der Waals surface area contributed by atoms with Crippen molar-refractivity contribution in [2.24, 2.45) is 5.92 Å². The maximum Gasteiger partial charge on any atom is 0.131 e. The van der Waals surface area contributed by atoms with Crippen molar-refractivity contribution in [3.8, 4) is 5.75 Å². The van der Waals surface area contributed by atoms with Crippen LogP contribution in [-0.4, -0.2) is 36.7 Å². The third kappa shape index (κ3) is 3.06. The average molecular weight is 292 g/mol. The number of hydrogen-bond donors (Lipinski definition) is 1. The first kappa shape index (κ1) is 14.8. The maximum atomic E-state index is 14.2. The summed E-state index contributed by atoms with van der Waals surface area (Å²) in [5, 5.41) is 3.70. The molecule has 1 aliphatic carbocycles. The normalized spacial score (nSPS) is 30.4. The molecule has 1 saturated heterocycles. The van der Waals surface area contributed by atoms with Crippen molar-refractivity contribution in [1.29, 1.82) is 0 Å². The summed E-state index contributed by atoms with van der Waals surface area (Å²) in [6.45, 7) is 7.16. The summed E-state index contributed by atoms with van der Waals surface area (Å²) in [5.41, 5.74) is 0.942. The van der Waals surface area contributed by atoms with E-state index in [0.29, 0.717) is 18.3 Å². The molecule has 2 atom stereocenters. The van der Waals surface area contributed by atoms with E-state index < -0.39 is 0 Å². The Hall–Kier alpha value is -1.13. The Kier molecular flexibility index (Phi) is 3.93. The van der Waals surface area contributed by atoms with E-state index in [2.05, 4.69) is 24.1 Å². The van der Waals surface area contributed by atoms with Crippen LogP contribution in [0.4, 0.5) is 4.39 Å². The molecule has 4 heteroatoms. The second-order valence-electron chi connectivity index (χ2n) is 6.78. The fourth-order valence-corrected chi connectivity index (χ4v) is 3.35. The SMILES string of the molecule is COc1ccc(CN2CC(C)(C3CC3)NCC2C)c(F)c1. The zero-order valence-corrected chi connectivity index (χ0v) is 13.2. The van der Waals surface area contributed by atoms with Crippen molar-refractivity contribution in [2.45, 2.75) is 44.8 Å². The zero-order valence-electron chi connectivity index (χ0n) is 13.2. The van der Waals surface area contributed by atoms with Crippen LogP contribution >= 0.6 is 0 Å². The molecule has 21 heavy (non-hydrogen) atoms. The molecule has 2 fully saturated rings. The third-order valence-electron chi connectivity index (χ3n) is 5.07. The predicted molar refractivity (Wildman–Crippen MR) is 82.0 cm³/mol. The van der Waals surface area contributed by atoms with Gasteiger partial charge in [-0.2, -0.15) is 0 Å². The standard InChI is InChI=1S/C17H25FN2O/c1-12-9-19-17(2,14-5-6-14)11-20(12)10-13-4-7-15(21-3)8-16(13)18/h4,7-8,12,14,19H,5-6,9-11H2,1-3H3. The highest BCUT2D eigenvalue weighted by atomic mass is 19.1. The van der Waals surface area contributed by atoms with Crippen molar-refractivity contribution in [1.82, 2.24) is 10.2 Å². The lowest BCUT2D eigenvalue weighted by molar-refractivity contribution is 0.0761. The summed E-state index contributed by atoms with van der Waals surface area (Å²) < 4.78 is 19.2. The molecule has 1 N–H and O–H groups in total. The quantitative estimate of drug-likeness (QED) is 0.923. The Morgan fingerprint density at radius 3 is 2.81 bits per heavy atom. The molecule has 0 amide bonds. The van der Waals surface area contributed by atoms with Crippen LogP contribution in [0.1, 0.15) is 32.3 Å². The van der Waals surface area contributed by atoms with Crippen molar-refractivity contribution >= 4 is 0 Å². The molecule has 1 heterocycles. The number of rotatable bonds is 4. The van der Waals surface area contributed by atoms with Gasteiger partial charge in [0.05, 0.1) is 7.11 Å². The van der Waals surface area contributed by atoms with Crippen molar-refractivity contribution in [2.75, 3.05) is 20.2 Å². The number of nitrogens with zero attached hydrogens (tertiary/aromatic N) is 1. The molecule has 1 aromatic carbocycles. The van der Waals surface area contributed by atoms with E-state index in [1.165, 1.54) is 18.9 Å². The minimum atomic E-state index is -0.173. The van der Waals surface area contributed by atoms with Gasteiger partial charge in [-0.05, 0) is 38.7 Å². The first-order chi connectivity index (χ1) is 10.0. The van der Waals surface area contributed by atoms with E-state index in [1.807, 2.05) is 12.1 Å². The number of piperazine rings is 1. The van der Waals surface area contributed by atoms with Gasteiger partial charge in [0.1, 0.15) is 11.6 Å². The predicted octanol–water partition coefficient (Wildman–Crippen LogP) is 2.80. The number of ether oxygens (including phenoxy) is 1. The Balaban J connectivity index is 1.73. The summed E-state index contributed by atoms with van der Waals surface area (Å²) in [7, 11) is 1.56. The van der Waals surface area contributed by atoms with Crippen LogP contribution < -0.4 is 10.1 Å². The van der Waals surface area contributed by atoms with Gasteiger partial charge in [0.15, 0.2) is 0 Å². The first-order valence-electron chi connectivity index (χ1n) is 7.83. The molecule has 0 radical (unpaired) electrons. The number of benzene rings is 1. The number of halogens is 1. The van der Waals surface area contributed by atoms with Crippen LogP contribution in [0.25, 0.3) is 0 Å². The molecule has 3 rings (SSSR count). The molecule has 1 saturated carbocycles. The van der Waals surface area contributed by atoms with Gasteiger partial charge in [-0.1, -0.05) is 6.07 Å². The molecule has 2 unspecified atom stereocenters. The topological polar surface area (TPSA) is 24.5 Å². The third-order valence-corrected chi connectivity index (χ3v) is 5.07. The van der Waals surface area contributed by atoms with E-state index in [1.54, 1.807) is 7.11 Å². The molecule has 0 aromatic heterocycles. The van der Waals surface area contributed by atoms with E-state index >= 15 is 0 Å². The number of methoxy groups -OCH3 is 1. The van der Waals surface area contributed by atoms with Crippen molar-refractivity contribution in [3.05, 3.63) is 29.6 Å². The highest BCUT2D eigenvalue weighted by Crippen LogP contribution is 2.41. The lowest BCUT2D eigenvalue weighted by Crippen LogP contribution is -2.62. The summed E-state index contributed by atoms with van der Waals surface area (Å²) >= 11 is 0. The number of nitrogens with one attached hydrogen (secondary N) is 1. The monoisotopic (exact) mass is 292 g/mol.